The Morgan fingerprint density at radius 3 is 2.51 bits per heavy atom. The van der Waals surface area contributed by atoms with Crippen LogP contribution in [0.4, 0.5) is 10.5 Å². The number of nitrogens with one attached hydrogen (secondary N) is 3. The first-order chi connectivity index (χ1) is 20.5. The molecule has 0 saturated carbocycles. The van der Waals surface area contributed by atoms with Crippen LogP contribution in [-0.4, -0.2) is 65.3 Å². The fraction of sp³-hybridized carbons (Fsp3) is 0.485. The lowest BCUT2D eigenvalue weighted by Crippen LogP contribution is -2.53. The van der Waals surface area contributed by atoms with E-state index in [-0.39, 0.29) is 25.3 Å². The maximum absolute atomic E-state index is 13.7. The minimum atomic E-state index is -1.22. The summed E-state index contributed by atoms with van der Waals surface area (Å²) in [6, 6.07) is 13.1. The van der Waals surface area contributed by atoms with Gasteiger partial charge in [-0.3, -0.25) is 14.4 Å². The molecule has 0 spiro atoms. The Bertz CT molecular complexity index is 1320. The molecule has 1 aliphatic heterocycles. The fourth-order valence-corrected chi connectivity index (χ4v) is 5.67. The second kappa shape index (κ2) is 14.3. The van der Waals surface area contributed by atoms with E-state index < -0.39 is 41.6 Å². The molecule has 230 valence electrons. The molecule has 3 N–H and O–H groups in total. The summed E-state index contributed by atoms with van der Waals surface area (Å²) in [4.78, 5) is 65.4. The van der Waals surface area contributed by atoms with E-state index in [1.165, 1.54) is 16.0 Å². The minimum Gasteiger partial charge on any atom is -0.444 e. The Morgan fingerprint density at radius 2 is 1.79 bits per heavy atom. The third-order valence-corrected chi connectivity index (χ3v) is 7.65. The van der Waals surface area contributed by atoms with E-state index in [9.17, 15) is 24.0 Å². The number of carbonyl (C=O) groups is 5. The lowest BCUT2D eigenvalue weighted by molar-refractivity contribution is -0.139. The van der Waals surface area contributed by atoms with Gasteiger partial charge in [0.1, 0.15) is 24.0 Å². The standard InChI is InChI=1S/C33H42N4O6/c1-33(2,3)43-32(42)36-27(17-18-38)31(41)37-21-26(34-29(39)14-7-11-22-9-5-4-6-10-22)20-28(37)30(40)35-25-16-15-23-12-8-13-24(23)19-25/h4-6,9-10,15-16,18-19,26-28H,7-8,11-14,17,20-21H2,1-3H3,(H,34,39)(H,35,40)(H,36,42)/t26-,27+,28+/m1/s1. The number of hydrogen-bond acceptors (Lipinski definition) is 6. The zero-order valence-corrected chi connectivity index (χ0v) is 25.2. The maximum atomic E-state index is 13.7. The van der Waals surface area contributed by atoms with Gasteiger partial charge in [-0.15, -0.1) is 0 Å². The Kier molecular flexibility index (Phi) is 10.6. The van der Waals surface area contributed by atoms with Crippen LogP contribution in [0.5, 0.6) is 0 Å². The molecule has 4 amide bonds. The normalized spacial score (nSPS) is 18.3. The summed E-state index contributed by atoms with van der Waals surface area (Å²) in [5.41, 5.74) is 3.46. The molecular formula is C33H42N4O6. The van der Waals surface area contributed by atoms with Crippen LogP contribution in [0, 0.1) is 0 Å². The first-order valence-electron chi connectivity index (χ1n) is 15.0. The van der Waals surface area contributed by atoms with Crippen molar-refractivity contribution in [1.29, 1.82) is 0 Å². The number of aldehydes is 1. The molecule has 0 unspecified atom stereocenters. The van der Waals surface area contributed by atoms with Crippen molar-refractivity contribution in [3.63, 3.8) is 0 Å². The average Bonchev–Trinajstić information content (AvgIpc) is 3.59. The lowest BCUT2D eigenvalue weighted by atomic mass is 10.1. The fourth-order valence-electron chi connectivity index (χ4n) is 5.67. The molecule has 0 bridgehead atoms. The maximum Gasteiger partial charge on any atom is 0.408 e. The first-order valence-corrected chi connectivity index (χ1v) is 15.0. The largest absolute Gasteiger partial charge is 0.444 e. The highest BCUT2D eigenvalue weighted by Crippen LogP contribution is 2.27. The van der Waals surface area contributed by atoms with Gasteiger partial charge in [-0.2, -0.15) is 0 Å². The van der Waals surface area contributed by atoms with Gasteiger partial charge in [-0.05, 0) is 88.1 Å². The van der Waals surface area contributed by atoms with E-state index in [2.05, 4.69) is 16.0 Å². The van der Waals surface area contributed by atoms with Gasteiger partial charge < -0.3 is 30.4 Å². The van der Waals surface area contributed by atoms with Crippen molar-refractivity contribution in [3.05, 3.63) is 65.2 Å². The molecule has 0 aromatic heterocycles. The molecule has 0 radical (unpaired) electrons. The predicted molar refractivity (Wildman–Crippen MR) is 162 cm³/mol. The summed E-state index contributed by atoms with van der Waals surface area (Å²) >= 11 is 0. The van der Waals surface area contributed by atoms with E-state index in [0.29, 0.717) is 24.8 Å². The zero-order chi connectivity index (χ0) is 31.0. The quantitative estimate of drug-likeness (QED) is 0.342. The van der Waals surface area contributed by atoms with Crippen LogP contribution in [0.2, 0.25) is 0 Å². The van der Waals surface area contributed by atoms with Gasteiger partial charge in [0, 0.05) is 31.1 Å². The van der Waals surface area contributed by atoms with Crippen molar-refractivity contribution >= 4 is 35.8 Å². The summed E-state index contributed by atoms with van der Waals surface area (Å²) in [7, 11) is 0. The van der Waals surface area contributed by atoms with Crippen LogP contribution in [-0.2, 0) is 43.2 Å². The molecule has 1 aliphatic carbocycles. The highest BCUT2D eigenvalue weighted by Gasteiger charge is 2.42. The number of likely N-dealkylation sites (tertiary alicyclic amines) is 1. The number of nitrogens with zero attached hydrogens (tertiary/aromatic N) is 1. The summed E-state index contributed by atoms with van der Waals surface area (Å²) < 4.78 is 5.29. The Morgan fingerprint density at radius 1 is 1.05 bits per heavy atom. The van der Waals surface area contributed by atoms with Crippen molar-refractivity contribution in [2.45, 2.75) is 95.9 Å². The van der Waals surface area contributed by atoms with E-state index in [1.54, 1.807) is 20.8 Å². The molecule has 2 aliphatic rings. The number of rotatable bonds is 11. The summed E-state index contributed by atoms with van der Waals surface area (Å²) in [6.45, 7) is 5.14. The van der Waals surface area contributed by atoms with Crippen LogP contribution in [0.15, 0.2) is 48.5 Å². The van der Waals surface area contributed by atoms with Crippen molar-refractivity contribution in [1.82, 2.24) is 15.5 Å². The summed E-state index contributed by atoms with van der Waals surface area (Å²) in [5.74, 6) is -1.15. The number of fused-ring (bicyclic) bond motifs is 1. The lowest BCUT2D eigenvalue weighted by Gasteiger charge is -2.28. The van der Waals surface area contributed by atoms with Crippen LogP contribution in [0.3, 0.4) is 0 Å². The van der Waals surface area contributed by atoms with E-state index >= 15 is 0 Å². The van der Waals surface area contributed by atoms with Crippen molar-refractivity contribution < 1.29 is 28.7 Å². The van der Waals surface area contributed by atoms with E-state index in [0.717, 1.165) is 31.2 Å². The smallest absolute Gasteiger partial charge is 0.408 e. The van der Waals surface area contributed by atoms with Gasteiger partial charge in [-0.25, -0.2) is 4.79 Å². The average molecular weight is 591 g/mol. The van der Waals surface area contributed by atoms with Crippen molar-refractivity contribution in [3.8, 4) is 0 Å². The van der Waals surface area contributed by atoms with Crippen LogP contribution >= 0.6 is 0 Å². The third kappa shape index (κ3) is 9.14. The third-order valence-electron chi connectivity index (χ3n) is 7.65. The number of ether oxygens (including phenoxy) is 1. The number of alkyl carbamates (subject to hydrolysis) is 1. The van der Waals surface area contributed by atoms with Gasteiger partial charge in [0.05, 0.1) is 0 Å². The number of benzene rings is 2. The molecule has 10 heteroatoms. The van der Waals surface area contributed by atoms with Crippen LogP contribution < -0.4 is 16.0 Å². The monoisotopic (exact) mass is 590 g/mol. The molecule has 1 heterocycles. The van der Waals surface area contributed by atoms with Gasteiger partial charge >= 0.3 is 6.09 Å². The SMILES string of the molecule is CC(C)(C)OC(=O)N[C@@H](CC=O)C(=O)N1C[C@H](NC(=O)CCCc2ccccc2)C[C@H]1C(=O)Nc1ccc2c(c1)CCC2. The molecule has 10 nitrogen and oxygen atoms in total. The Labute approximate surface area is 252 Å². The highest BCUT2D eigenvalue weighted by atomic mass is 16.6. The predicted octanol–water partition coefficient (Wildman–Crippen LogP) is 3.70. The second-order valence-corrected chi connectivity index (χ2v) is 12.3. The molecule has 4 rings (SSSR count). The van der Waals surface area contributed by atoms with E-state index in [4.69, 9.17) is 4.74 Å². The summed E-state index contributed by atoms with van der Waals surface area (Å²) in [6.07, 6.45) is 4.40. The molecule has 1 saturated heterocycles. The van der Waals surface area contributed by atoms with Crippen molar-refractivity contribution in [2.75, 3.05) is 11.9 Å². The Balaban J connectivity index is 1.45. The topological polar surface area (TPSA) is 134 Å². The van der Waals surface area contributed by atoms with Gasteiger partial charge in [-0.1, -0.05) is 36.4 Å². The van der Waals surface area contributed by atoms with Crippen LogP contribution in [0.25, 0.3) is 0 Å². The van der Waals surface area contributed by atoms with Gasteiger partial charge in [0.2, 0.25) is 17.7 Å². The molecule has 43 heavy (non-hydrogen) atoms. The number of aryl methyl sites for hydroxylation is 3. The highest BCUT2D eigenvalue weighted by molar-refractivity contribution is 5.99. The molecule has 3 atom stereocenters. The number of carbonyl (C=O) groups excluding carboxylic acids is 5. The number of anilines is 1. The zero-order valence-electron chi connectivity index (χ0n) is 25.2. The van der Waals surface area contributed by atoms with Gasteiger partial charge in [0.25, 0.3) is 0 Å². The number of amides is 4. The molecule has 1 fully saturated rings. The van der Waals surface area contributed by atoms with Crippen molar-refractivity contribution in [2.24, 2.45) is 0 Å². The molecular weight excluding hydrogens is 548 g/mol. The second-order valence-electron chi connectivity index (χ2n) is 12.3. The summed E-state index contributed by atoms with van der Waals surface area (Å²) in [5, 5.41) is 8.41. The Hall–Kier alpha value is -4.21. The first kappa shape index (κ1) is 31.7. The van der Waals surface area contributed by atoms with Crippen LogP contribution in [0.1, 0.15) is 69.6 Å². The number of hydrogen-bond donors (Lipinski definition) is 3. The van der Waals surface area contributed by atoms with E-state index in [1.807, 2.05) is 48.5 Å². The van der Waals surface area contributed by atoms with Gasteiger partial charge in [0.15, 0.2) is 0 Å². The minimum absolute atomic E-state index is 0.0664. The molecule has 2 aromatic carbocycles. The molecule has 2 aromatic rings.